The van der Waals surface area contributed by atoms with E-state index in [1.165, 1.54) is 17.3 Å². The number of rotatable bonds is 6. The molecule has 0 saturated heterocycles. The number of carbonyl (C=O) groups is 1. The molecule has 0 unspecified atom stereocenters. The lowest BCUT2D eigenvalue weighted by Gasteiger charge is -2.17. The average Bonchev–Trinajstić information content (AvgIpc) is 2.98. The predicted octanol–water partition coefficient (Wildman–Crippen LogP) is 5.06. The van der Waals surface area contributed by atoms with E-state index in [-0.39, 0.29) is 5.91 Å². The number of benzene rings is 2. The zero-order valence-corrected chi connectivity index (χ0v) is 16.3. The van der Waals surface area contributed by atoms with Crippen molar-refractivity contribution in [3.05, 3.63) is 78.0 Å². The monoisotopic (exact) mass is 378 g/mol. The average molecular weight is 378 g/mol. The van der Waals surface area contributed by atoms with Gasteiger partial charge < -0.3 is 4.74 Å². The first-order chi connectivity index (χ1) is 13.1. The standard InChI is InChI=1S/C22H22N2O2S/c1-4-14-27-22-23-20(15-17-8-6-16(3)7-9-17)21(25)24(22)18-10-12-19(13-11-18)26-5-2/h4,6-13,15H,1,5,14H2,2-3H3. The van der Waals surface area contributed by atoms with Crippen molar-refractivity contribution < 1.29 is 9.53 Å². The molecule has 1 aliphatic rings. The maximum Gasteiger partial charge on any atom is 0.283 e. The molecule has 1 aliphatic heterocycles. The van der Waals surface area contributed by atoms with E-state index in [4.69, 9.17) is 4.74 Å². The second-order valence-electron chi connectivity index (χ2n) is 6.00. The number of nitrogens with zero attached hydrogens (tertiary/aromatic N) is 2. The Kier molecular flexibility index (Phi) is 6.14. The molecular formula is C22H22N2O2S. The molecule has 0 bridgehead atoms. The van der Waals surface area contributed by atoms with Gasteiger partial charge in [0.05, 0.1) is 12.3 Å². The van der Waals surface area contributed by atoms with E-state index in [1.807, 2.05) is 68.5 Å². The van der Waals surface area contributed by atoms with Crippen LogP contribution in [-0.4, -0.2) is 23.4 Å². The van der Waals surface area contributed by atoms with Crippen LogP contribution in [-0.2, 0) is 4.79 Å². The van der Waals surface area contributed by atoms with Crippen LogP contribution in [0.3, 0.4) is 0 Å². The van der Waals surface area contributed by atoms with E-state index in [0.717, 1.165) is 17.0 Å². The highest BCUT2D eigenvalue weighted by Crippen LogP contribution is 2.30. The summed E-state index contributed by atoms with van der Waals surface area (Å²) < 4.78 is 5.49. The Hall–Kier alpha value is -2.79. The maximum absolute atomic E-state index is 13.0. The first-order valence-electron chi connectivity index (χ1n) is 8.80. The minimum atomic E-state index is -0.133. The predicted molar refractivity (Wildman–Crippen MR) is 114 cm³/mol. The van der Waals surface area contributed by atoms with Gasteiger partial charge in [0.15, 0.2) is 5.17 Å². The number of aliphatic imine (C=N–C) groups is 1. The van der Waals surface area contributed by atoms with Crippen molar-refractivity contribution >= 4 is 34.6 Å². The minimum absolute atomic E-state index is 0.133. The molecule has 0 aromatic heterocycles. The van der Waals surface area contributed by atoms with Crippen LogP contribution in [0.1, 0.15) is 18.1 Å². The van der Waals surface area contributed by atoms with Crippen LogP contribution in [0.5, 0.6) is 5.75 Å². The molecule has 27 heavy (non-hydrogen) atoms. The molecule has 1 heterocycles. The smallest absolute Gasteiger partial charge is 0.283 e. The summed E-state index contributed by atoms with van der Waals surface area (Å²) in [5.74, 6) is 1.32. The molecule has 138 valence electrons. The normalized spacial score (nSPS) is 15.2. The molecule has 0 radical (unpaired) electrons. The van der Waals surface area contributed by atoms with Gasteiger partial charge in [-0.1, -0.05) is 47.7 Å². The van der Waals surface area contributed by atoms with E-state index < -0.39 is 0 Å². The number of hydrogen-bond donors (Lipinski definition) is 0. The second kappa shape index (κ2) is 8.73. The summed E-state index contributed by atoms with van der Waals surface area (Å²) in [4.78, 5) is 19.3. The fourth-order valence-corrected chi connectivity index (χ4v) is 3.38. The number of carbonyl (C=O) groups excluding carboxylic acids is 1. The quantitative estimate of drug-likeness (QED) is 0.521. The Morgan fingerprint density at radius 3 is 2.48 bits per heavy atom. The number of ether oxygens (including phenoxy) is 1. The van der Waals surface area contributed by atoms with Gasteiger partial charge in [-0.3, -0.25) is 9.69 Å². The van der Waals surface area contributed by atoms with Crippen LogP contribution in [0.15, 0.2) is 71.9 Å². The van der Waals surface area contributed by atoms with Gasteiger partial charge in [0.25, 0.3) is 5.91 Å². The largest absolute Gasteiger partial charge is 0.494 e. The third-order valence-electron chi connectivity index (χ3n) is 3.95. The van der Waals surface area contributed by atoms with Gasteiger partial charge in [-0.25, -0.2) is 4.99 Å². The van der Waals surface area contributed by atoms with Gasteiger partial charge in [-0.05, 0) is 49.8 Å². The summed E-state index contributed by atoms with van der Waals surface area (Å²) in [7, 11) is 0. The lowest BCUT2D eigenvalue weighted by molar-refractivity contribution is -0.113. The van der Waals surface area contributed by atoms with Crippen molar-refractivity contribution in [3.63, 3.8) is 0 Å². The Morgan fingerprint density at radius 2 is 1.85 bits per heavy atom. The van der Waals surface area contributed by atoms with E-state index >= 15 is 0 Å². The topological polar surface area (TPSA) is 41.9 Å². The third kappa shape index (κ3) is 4.49. The van der Waals surface area contributed by atoms with Crippen molar-refractivity contribution in [1.82, 2.24) is 0 Å². The first-order valence-corrected chi connectivity index (χ1v) is 9.79. The first kappa shape index (κ1) is 19.0. The summed E-state index contributed by atoms with van der Waals surface area (Å²) in [6.45, 7) is 8.34. The van der Waals surface area contributed by atoms with Gasteiger partial charge in [0, 0.05) is 5.75 Å². The van der Waals surface area contributed by atoms with E-state index in [9.17, 15) is 4.79 Å². The zero-order chi connectivity index (χ0) is 19.2. The van der Waals surface area contributed by atoms with Crippen LogP contribution in [0.4, 0.5) is 5.69 Å². The van der Waals surface area contributed by atoms with Gasteiger partial charge in [-0.15, -0.1) is 6.58 Å². The van der Waals surface area contributed by atoms with E-state index in [0.29, 0.717) is 23.2 Å². The van der Waals surface area contributed by atoms with Crippen molar-refractivity contribution in [2.24, 2.45) is 4.99 Å². The molecule has 2 aromatic carbocycles. The lowest BCUT2D eigenvalue weighted by atomic mass is 10.1. The van der Waals surface area contributed by atoms with Crippen molar-refractivity contribution in [1.29, 1.82) is 0 Å². The molecule has 0 N–H and O–H groups in total. The van der Waals surface area contributed by atoms with Crippen molar-refractivity contribution in [3.8, 4) is 5.75 Å². The number of anilines is 1. The van der Waals surface area contributed by atoms with Gasteiger partial charge in [-0.2, -0.15) is 0 Å². The summed E-state index contributed by atoms with van der Waals surface area (Å²) >= 11 is 1.49. The summed E-state index contributed by atoms with van der Waals surface area (Å²) in [5, 5.41) is 0.655. The molecule has 0 fully saturated rings. The lowest BCUT2D eigenvalue weighted by Crippen LogP contribution is -2.30. The van der Waals surface area contributed by atoms with Gasteiger partial charge in [0.2, 0.25) is 0 Å². The SMILES string of the molecule is C=CCSC1=NC(=Cc2ccc(C)cc2)C(=O)N1c1ccc(OCC)cc1. The maximum atomic E-state index is 13.0. The summed E-state index contributed by atoms with van der Waals surface area (Å²) in [5.41, 5.74) is 3.33. The molecule has 0 atom stereocenters. The summed E-state index contributed by atoms with van der Waals surface area (Å²) in [6, 6.07) is 15.5. The molecular weight excluding hydrogens is 356 g/mol. The van der Waals surface area contributed by atoms with Crippen molar-refractivity contribution in [2.75, 3.05) is 17.3 Å². The molecule has 0 aliphatic carbocycles. The van der Waals surface area contributed by atoms with Crippen LogP contribution in [0.2, 0.25) is 0 Å². The highest BCUT2D eigenvalue weighted by molar-refractivity contribution is 8.14. The number of aryl methyl sites for hydroxylation is 1. The van der Waals surface area contributed by atoms with Gasteiger partial charge >= 0.3 is 0 Å². The Morgan fingerprint density at radius 1 is 1.15 bits per heavy atom. The molecule has 3 rings (SSSR count). The molecule has 0 saturated carbocycles. The fraction of sp³-hybridized carbons (Fsp3) is 0.182. The minimum Gasteiger partial charge on any atom is -0.494 e. The molecule has 2 aromatic rings. The Labute approximate surface area is 164 Å². The summed E-state index contributed by atoms with van der Waals surface area (Å²) in [6.07, 6.45) is 3.63. The van der Waals surface area contributed by atoms with E-state index in [2.05, 4.69) is 11.6 Å². The number of amidine groups is 1. The van der Waals surface area contributed by atoms with Crippen molar-refractivity contribution in [2.45, 2.75) is 13.8 Å². The molecule has 0 spiro atoms. The number of amides is 1. The fourth-order valence-electron chi connectivity index (χ4n) is 2.63. The van der Waals surface area contributed by atoms with Gasteiger partial charge in [0.1, 0.15) is 11.4 Å². The highest BCUT2D eigenvalue weighted by Gasteiger charge is 2.31. The molecule has 5 heteroatoms. The van der Waals surface area contributed by atoms with E-state index in [1.54, 1.807) is 11.0 Å². The van der Waals surface area contributed by atoms with Crippen LogP contribution < -0.4 is 9.64 Å². The van der Waals surface area contributed by atoms with Crippen LogP contribution in [0.25, 0.3) is 6.08 Å². The number of thioether (sulfide) groups is 1. The highest BCUT2D eigenvalue weighted by atomic mass is 32.2. The van der Waals surface area contributed by atoms with Crippen LogP contribution in [0, 0.1) is 6.92 Å². The Bertz CT molecular complexity index is 884. The zero-order valence-electron chi connectivity index (χ0n) is 15.5. The second-order valence-corrected chi connectivity index (χ2v) is 6.99. The molecule has 1 amide bonds. The third-order valence-corrected chi connectivity index (χ3v) is 4.88. The molecule has 4 nitrogen and oxygen atoms in total. The Balaban J connectivity index is 1.92. The number of hydrogen-bond acceptors (Lipinski definition) is 4. The van der Waals surface area contributed by atoms with Crippen LogP contribution >= 0.6 is 11.8 Å².